The topological polar surface area (TPSA) is 60.7 Å². The van der Waals surface area contributed by atoms with E-state index < -0.39 is 0 Å². The van der Waals surface area contributed by atoms with Gasteiger partial charge in [0.05, 0.1) is 16.8 Å². The van der Waals surface area contributed by atoms with Crippen LogP contribution >= 0.6 is 67.8 Å². The van der Waals surface area contributed by atoms with Crippen LogP contribution in [0.3, 0.4) is 0 Å². The Labute approximate surface area is 319 Å². The van der Waals surface area contributed by atoms with Crippen LogP contribution in [0.4, 0.5) is 0 Å². The number of fused-ring (bicyclic) bond motifs is 3. The first-order chi connectivity index (χ1) is 20.5. The van der Waals surface area contributed by atoms with E-state index in [1.54, 1.807) is 0 Å². The fraction of sp³-hybridized carbons (Fsp3) is 1.00. The fourth-order valence-corrected chi connectivity index (χ4v) is 17.9. The zero-order chi connectivity index (χ0) is 33.8. The average molecular weight is 967 g/mol. The number of rotatable bonds is 0. The molecule has 0 unspecified atom stereocenters. The van der Waals surface area contributed by atoms with Crippen molar-refractivity contribution in [1.82, 2.24) is 0 Å². The number of alkyl halides is 3. The van der Waals surface area contributed by atoms with Crippen LogP contribution < -0.4 is 0 Å². The van der Waals surface area contributed by atoms with Crippen molar-refractivity contribution in [2.24, 2.45) is 51.8 Å². The van der Waals surface area contributed by atoms with Gasteiger partial charge in [-0.25, -0.2) is 0 Å². The maximum absolute atomic E-state index is 10.9. The lowest BCUT2D eigenvalue weighted by atomic mass is 9.55. The molecule has 12 atom stereocenters. The summed E-state index contributed by atoms with van der Waals surface area (Å²) in [6, 6.07) is 0. The van der Waals surface area contributed by atoms with Gasteiger partial charge in [-0.05, 0) is 129 Å². The monoisotopic (exact) mass is 966 g/mol. The third kappa shape index (κ3) is 9.30. The Morgan fingerprint density at radius 3 is 0.822 bits per heavy atom. The van der Waals surface area contributed by atoms with Gasteiger partial charge in [-0.2, -0.15) is 0 Å². The van der Waals surface area contributed by atoms with E-state index in [9.17, 15) is 15.3 Å². The molecule has 0 amide bonds. The Morgan fingerprint density at radius 1 is 0.378 bits per heavy atom. The van der Waals surface area contributed by atoms with E-state index in [1.165, 1.54) is 57.8 Å². The highest BCUT2D eigenvalue weighted by Gasteiger charge is 2.55. The number of hydrogen-bond acceptors (Lipinski definition) is 3. The summed E-state index contributed by atoms with van der Waals surface area (Å²) in [7, 11) is 0. The van der Waals surface area contributed by atoms with Crippen molar-refractivity contribution in [3.8, 4) is 0 Å². The van der Waals surface area contributed by atoms with E-state index in [-0.39, 0.29) is 16.8 Å². The molecule has 0 heterocycles. The molecule has 0 aliphatic heterocycles. The highest BCUT2D eigenvalue weighted by Crippen LogP contribution is 2.57. The Kier molecular flexibility index (Phi) is 12.9. The van der Waals surface area contributed by atoms with E-state index in [4.69, 9.17) is 0 Å². The Hall–Kier alpha value is 2.07. The Balaban J connectivity index is 0.000000154. The summed E-state index contributed by atoms with van der Waals surface area (Å²) in [5.74, 6) is 3.74. The second-order valence-corrected chi connectivity index (χ2v) is 24.9. The molecule has 6 saturated carbocycles. The van der Waals surface area contributed by atoms with Gasteiger partial charge in [-0.15, -0.1) is 0 Å². The highest BCUT2D eigenvalue weighted by atomic mass is 127. The van der Waals surface area contributed by atoms with Crippen LogP contribution in [0, 0.1) is 51.8 Å². The maximum Gasteiger partial charge on any atom is 0.0693 e. The van der Waals surface area contributed by atoms with Crippen LogP contribution in [0.1, 0.15) is 159 Å². The van der Waals surface area contributed by atoms with Gasteiger partial charge in [-0.1, -0.05) is 149 Å². The van der Waals surface area contributed by atoms with Crippen molar-refractivity contribution in [3.05, 3.63) is 0 Å². The van der Waals surface area contributed by atoms with E-state index >= 15 is 0 Å². The third-order valence-electron chi connectivity index (χ3n) is 13.7. The minimum Gasteiger partial charge on any atom is -0.390 e. The molecule has 0 aromatic heterocycles. The fourth-order valence-electron chi connectivity index (χ4n) is 12.2. The summed E-state index contributed by atoms with van der Waals surface area (Å²) >= 11 is 7.58. The second-order valence-electron chi connectivity index (χ2n) is 19.6. The van der Waals surface area contributed by atoms with Crippen LogP contribution in [0.25, 0.3) is 0 Å². The summed E-state index contributed by atoms with van der Waals surface area (Å²) < 4.78 is 1.97. The SMILES string of the molecule is C[C@@H]1CC[C@H]2C(C)(C)C[C@H](I)C[C@]2(O)C1.C[C@@H]1CC[C@H]2C(C)(C)C[C@H](I)C[C@]2(O)C1.C[C@@H]1CC[C@H]2C(C)(C)C[C@H](I)C[C@]2(O)C1. The van der Waals surface area contributed by atoms with Crippen molar-refractivity contribution < 1.29 is 15.3 Å². The number of halogens is 3. The Morgan fingerprint density at radius 2 is 0.600 bits per heavy atom. The molecule has 6 fully saturated rings. The quantitative estimate of drug-likeness (QED) is 0.167. The highest BCUT2D eigenvalue weighted by molar-refractivity contribution is 14.1. The van der Waals surface area contributed by atoms with Crippen LogP contribution in [-0.2, 0) is 0 Å². The minimum absolute atomic E-state index is 0.332. The predicted octanol–water partition coefficient (Wildman–Crippen LogP) is 11.3. The van der Waals surface area contributed by atoms with Gasteiger partial charge in [0.15, 0.2) is 0 Å². The molecule has 6 aliphatic rings. The Bertz CT molecular complexity index is 864. The smallest absolute Gasteiger partial charge is 0.0693 e. The molecule has 0 saturated heterocycles. The molecule has 3 nitrogen and oxygen atoms in total. The normalized spacial score (nSPS) is 49.8. The molecule has 0 aromatic rings. The largest absolute Gasteiger partial charge is 0.390 e. The molecule has 0 aromatic carbocycles. The van der Waals surface area contributed by atoms with Crippen LogP contribution in [-0.4, -0.2) is 43.9 Å². The minimum atomic E-state index is -0.356. The summed E-state index contributed by atoms with van der Waals surface area (Å²) in [6.45, 7) is 21.0. The summed E-state index contributed by atoms with van der Waals surface area (Å²) in [6.07, 6.45) is 17.6. The lowest BCUT2D eigenvalue weighted by molar-refractivity contribution is -0.133. The van der Waals surface area contributed by atoms with Gasteiger partial charge < -0.3 is 15.3 Å². The number of hydrogen-bond donors (Lipinski definition) is 3. The molecule has 3 N–H and O–H groups in total. The van der Waals surface area contributed by atoms with Crippen LogP contribution in [0.5, 0.6) is 0 Å². The van der Waals surface area contributed by atoms with Crippen LogP contribution in [0.2, 0.25) is 0 Å². The summed E-state index contributed by atoms with van der Waals surface area (Å²) in [5.41, 5.74) is -0.0706. The molecule has 6 heteroatoms. The molecule has 0 bridgehead atoms. The van der Waals surface area contributed by atoms with E-state index in [0.29, 0.717) is 63.5 Å². The second kappa shape index (κ2) is 14.6. The standard InChI is InChI=1S/3C13H23IO/c3*1-9-4-5-11-12(2,3)7-10(14)8-13(11,15)6-9/h3*9-11,15H,4-8H2,1-3H3/t3*9-,10+,11+,13-/m111/s1. The van der Waals surface area contributed by atoms with Crippen molar-refractivity contribution in [2.45, 2.75) is 187 Å². The first kappa shape index (κ1) is 39.8. The number of aliphatic hydroxyl groups is 3. The predicted molar refractivity (Wildman–Crippen MR) is 217 cm³/mol. The molecule has 6 rings (SSSR count). The van der Waals surface area contributed by atoms with Crippen molar-refractivity contribution in [3.63, 3.8) is 0 Å². The van der Waals surface area contributed by atoms with Gasteiger partial charge >= 0.3 is 0 Å². The van der Waals surface area contributed by atoms with Gasteiger partial charge in [0.25, 0.3) is 0 Å². The molecule has 0 radical (unpaired) electrons. The molecule has 6 aliphatic carbocycles. The van der Waals surface area contributed by atoms with Crippen molar-refractivity contribution >= 4 is 67.8 Å². The zero-order valence-electron chi connectivity index (χ0n) is 30.3. The lowest BCUT2D eigenvalue weighted by Gasteiger charge is -2.55. The first-order valence-electron chi connectivity index (χ1n) is 18.6. The van der Waals surface area contributed by atoms with Crippen LogP contribution in [0.15, 0.2) is 0 Å². The molecule has 0 spiro atoms. The third-order valence-corrected chi connectivity index (χ3v) is 16.3. The van der Waals surface area contributed by atoms with E-state index in [1.807, 2.05) is 0 Å². The molecule has 45 heavy (non-hydrogen) atoms. The summed E-state index contributed by atoms with van der Waals surface area (Å²) in [4.78, 5) is 0. The zero-order valence-corrected chi connectivity index (χ0v) is 36.8. The van der Waals surface area contributed by atoms with E-state index in [0.717, 1.165) is 38.5 Å². The lowest BCUT2D eigenvalue weighted by Crippen LogP contribution is -2.54. The van der Waals surface area contributed by atoms with Gasteiger partial charge in [-0.3, -0.25) is 0 Å². The van der Waals surface area contributed by atoms with Crippen molar-refractivity contribution in [2.75, 3.05) is 0 Å². The van der Waals surface area contributed by atoms with E-state index in [2.05, 4.69) is 130 Å². The molecular formula is C39H69I3O3. The van der Waals surface area contributed by atoms with Gasteiger partial charge in [0.2, 0.25) is 0 Å². The van der Waals surface area contributed by atoms with Crippen molar-refractivity contribution in [1.29, 1.82) is 0 Å². The average Bonchev–Trinajstić information content (AvgIpc) is 2.79. The molecule has 264 valence electrons. The first-order valence-corrected chi connectivity index (χ1v) is 22.3. The molecular weight excluding hydrogens is 897 g/mol. The van der Waals surface area contributed by atoms with Gasteiger partial charge in [0.1, 0.15) is 0 Å². The van der Waals surface area contributed by atoms with Gasteiger partial charge in [0, 0.05) is 11.8 Å². The maximum atomic E-state index is 10.9. The summed E-state index contributed by atoms with van der Waals surface area (Å²) in [5, 5.41) is 32.6.